The number of rotatable bonds is 3. The van der Waals surface area contributed by atoms with Crippen LogP contribution >= 0.6 is 27.5 Å². The molecule has 4 rings (SSSR count). The van der Waals surface area contributed by atoms with Crippen LogP contribution in [0.5, 0.6) is 0 Å². The molecule has 0 fully saturated rings. The molecule has 3 aromatic carbocycles. The molecule has 1 aliphatic heterocycles. The molecule has 1 unspecified atom stereocenters. The monoisotopic (exact) mass is 410 g/mol. The van der Waals surface area contributed by atoms with Crippen molar-refractivity contribution in [1.82, 2.24) is 5.43 Å². The molecular formula is C21H16BrClN2. The highest BCUT2D eigenvalue weighted by atomic mass is 79.9. The second kappa shape index (κ2) is 6.95. The Hall–Kier alpha value is -2.23. The third kappa shape index (κ3) is 3.30. The summed E-state index contributed by atoms with van der Waals surface area (Å²) in [5.74, 6) is 0. The van der Waals surface area contributed by atoms with Crippen LogP contribution in [0.1, 0.15) is 11.6 Å². The summed E-state index contributed by atoms with van der Waals surface area (Å²) in [4.78, 5) is 0. The van der Waals surface area contributed by atoms with Crippen molar-refractivity contribution in [2.24, 2.45) is 0 Å². The van der Waals surface area contributed by atoms with E-state index in [9.17, 15) is 0 Å². The van der Waals surface area contributed by atoms with E-state index in [1.165, 1.54) is 11.1 Å². The number of hydrogen-bond acceptors (Lipinski definition) is 2. The first-order valence-corrected chi connectivity index (χ1v) is 9.22. The number of hydrazine groups is 1. The number of nitrogens with one attached hydrogen (secondary N) is 1. The highest BCUT2D eigenvalue weighted by Gasteiger charge is 2.24. The summed E-state index contributed by atoms with van der Waals surface area (Å²) in [6.45, 7) is 0. The van der Waals surface area contributed by atoms with Crippen LogP contribution in [0.2, 0.25) is 5.02 Å². The van der Waals surface area contributed by atoms with E-state index in [4.69, 9.17) is 11.6 Å². The van der Waals surface area contributed by atoms with Gasteiger partial charge in [0.15, 0.2) is 0 Å². The molecule has 25 heavy (non-hydrogen) atoms. The van der Waals surface area contributed by atoms with E-state index >= 15 is 0 Å². The summed E-state index contributed by atoms with van der Waals surface area (Å²) in [5, 5.41) is 2.92. The number of anilines is 1. The zero-order chi connectivity index (χ0) is 17.2. The van der Waals surface area contributed by atoms with Gasteiger partial charge in [-0.05, 0) is 47.5 Å². The van der Waals surface area contributed by atoms with Crippen molar-refractivity contribution >= 4 is 33.2 Å². The molecule has 0 aromatic heterocycles. The standard InChI is InChI=1S/C21H16BrClN2/c22-17-10-8-15(9-11-17)19-6-1-2-7-21(19)25-20(12-13-24-25)16-4-3-5-18(23)14-16/h1-14,20,24H. The van der Waals surface area contributed by atoms with Gasteiger partial charge >= 0.3 is 0 Å². The van der Waals surface area contributed by atoms with Gasteiger partial charge in [-0.3, -0.25) is 5.01 Å². The molecule has 0 radical (unpaired) electrons. The molecule has 0 amide bonds. The van der Waals surface area contributed by atoms with E-state index in [2.05, 4.69) is 87.0 Å². The maximum atomic E-state index is 6.19. The van der Waals surface area contributed by atoms with Gasteiger partial charge in [-0.1, -0.05) is 70.0 Å². The minimum absolute atomic E-state index is 0.0929. The van der Waals surface area contributed by atoms with E-state index in [0.29, 0.717) is 0 Å². The highest BCUT2D eigenvalue weighted by Crippen LogP contribution is 2.37. The van der Waals surface area contributed by atoms with Gasteiger partial charge in [-0.25, -0.2) is 0 Å². The van der Waals surface area contributed by atoms with Gasteiger partial charge in [0.1, 0.15) is 0 Å². The average Bonchev–Trinajstić information content (AvgIpc) is 3.12. The maximum Gasteiger partial charge on any atom is 0.0952 e. The fourth-order valence-electron chi connectivity index (χ4n) is 3.11. The minimum Gasteiger partial charge on any atom is -0.305 e. The highest BCUT2D eigenvalue weighted by molar-refractivity contribution is 9.10. The first-order chi connectivity index (χ1) is 12.2. The van der Waals surface area contributed by atoms with Gasteiger partial charge in [-0.15, -0.1) is 0 Å². The Labute approximate surface area is 160 Å². The van der Waals surface area contributed by atoms with Gasteiger partial charge in [0.25, 0.3) is 0 Å². The van der Waals surface area contributed by atoms with Crippen LogP contribution < -0.4 is 10.4 Å². The van der Waals surface area contributed by atoms with Crippen LogP contribution in [0, 0.1) is 0 Å². The van der Waals surface area contributed by atoms with E-state index in [1.807, 2.05) is 24.4 Å². The quantitative estimate of drug-likeness (QED) is 0.540. The Morgan fingerprint density at radius 2 is 1.72 bits per heavy atom. The molecular weight excluding hydrogens is 396 g/mol. The summed E-state index contributed by atoms with van der Waals surface area (Å²) >= 11 is 9.70. The number of hydrogen-bond donors (Lipinski definition) is 1. The van der Waals surface area contributed by atoms with Crippen LogP contribution in [-0.2, 0) is 0 Å². The van der Waals surface area contributed by atoms with E-state index < -0.39 is 0 Å². The first-order valence-electron chi connectivity index (χ1n) is 8.05. The Morgan fingerprint density at radius 3 is 2.52 bits per heavy atom. The molecule has 4 heteroatoms. The largest absolute Gasteiger partial charge is 0.305 e. The van der Waals surface area contributed by atoms with Crippen molar-refractivity contribution in [2.45, 2.75) is 6.04 Å². The summed E-state index contributed by atoms with van der Waals surface area (Å²) < 4.78 is 1.08. The Bertz CT molecular complexity index is 921. The predicted octanol–water partition coefficient (Wildman–Crippen LogP) is 6.35. The predicted molar refractivity (Wildman–Crippen MR) is 109 cm³/mol. The van der Waals surface area contributed by atoms with Crippen molar-refractivity contribution in [3.63, 3.8) is 0 Å². The first kappa shape index (κ1) is 16.2. The molecule has 2 nitrogen and oxygen atoms in total. The topological polar surface area (TPSA) is 15.3 Å². The van der Waals surface area contributed by atoms with E-state index in [-0.39, 0.29) is 6.04 Å². The Balaban J connectivity index is 1.76. The molecule has 124 valence electrons. The zero-order valence-corrected chi connectivity index (χ0v) is 15.7. The van der Waals surface area contributed by atoms with Crippen LogP contribution in [0.25, 0.3) is 11.1 Å². The molecule has 1 N–H and O–H groups in total. The van der Waals surface area contributed by atoms with Gasteiger partial charge in [-0.2, -0.15) is 0 Å². The normalized spacial score (nSPS) is 16.1. The second-order valence-corrected chi connectivity index (χ2v) is 7.23. The SMILES string of the molecule is Clc1cccc(C2C=CNN2c2ccccc2-c2ccc(Br)cc2)c1. The van der Waals surface area contributed by atoms with Gasteiger partial charge in [0, 0.05) is 21.3 Å². The number of halogens is 2. The average molecular weight is 412 g/mol. The van der Waals surface area contributed by atoms with Crippen LogP contribution in [0.15, 0.2) is 89.5 Å². The van der Waals surface area contributed by atoms with Crippen molar-refractivity contribution in [1.29, 1.82) is 0 Å². The third-order valence-electron chi connectivity index (χ3n) is 4.28. The molecule has 0 saturated carbocycles. The fraction of sp³-hybridized carbons (Fsp3) is 0.0476. The fourth-order valence-corrected chi connectivity index (χ4v) is 3.57. The second-order valence-electron chi connectivity index (χ2n) is 5.88. The van der Waals surface area contributed by atoms with Crippen LogP contribution in [0.4, 0.5) is 5.69 Å². The molecule has 1 heterocycles. The molecule has 0 bridgehead atoms. The lowest BCUT2D eigenvalue weighted by Gasteiger charge is -2.29. The number of nitrogens with zero attached hydrogens (tertiary/aromatic N) is 1. The molecule has 0 aliphatic carbocycles. The third-order valence-corrected chi connectivity index (χ3v) is 5.04. The van der Waals surface area contributed by atoms with Crippen LogP contribution in [-0.4, -0.2) is 0 Å². The Morgan fingerprint density at radius 1 is 0.920 bits per heavy atom. The lowest BCUT2D eigenvalue weighted by molar-refractivity contribution is 0.719. The van der Waals surface area contributed by atoms with Crippen molar-refractivity contribution < 1.29 is 0 Å². The molecule has 1 aliphatic rings. The van der Waals surface area contributed by atoms with Gasteiger partial charge < -0.3 is 5.43 Å². The van der Waals surface area contributed by atoms with Crippen molar-refractivity contribution in [3.8, 4) is 11.1 Å². The summed E-state index contributed by atoms with van der Waals surface area (Å²) in [6, 6.07) is 24.9. The van der Waals surface area contributed by atoms with Gasteiger partial charge in [0.2, 0.25) is 0 Å². The molecule has 3 aromatic rings. The number of para-hydroxylation sites is 1. The van der Waals surface area contributed by atoms with Crippen molar-refractivity contribution in [2.75, 3.05) is 5.01 Å². The lowest BCUT2D eigenvalue weighted by atomic mass is 10.0. The van der Waals surface area contributed by atoms with E-state index in [1.54, 1.807) is 0 Å². The van der Waals surface area contributed by atoms with E-state index in [0.717, 1.165) is 20.7 Å². The Kier molecular flexibility index (Phi) is 4.51. The maximum absolute atomic E-state index is 6.19. The van der Waals surface area contributed by atoms with Gasteiger partial charge in [0.05, 0.1) is 11.7 Å². The molecule has 1 atom stereocenters. The summed E-state index contributed by atoms with van der Waals surface area (Å²) in [7, 11) is 0. The summed E-state index contributed by atoms with van der Waals surface area (Å²) in [6.07, 6.45) is 4.12. The number of benzene rings is 3. The van der Waals surface area contributed by atoms with Crippen molar-refractivity contribution in [3.05, 3.63) is 100 Å². The molecule has 0 spiro atoms. The zero-order valence-electron chi connectivity index (χ0n) is 13.4. The lowest BCUT2D eigenvalue weighted by Crippen LogP contribution is -2.32. The minimum atomic E-state index is 0.0929. The molecule has 0 saturated heterocycles. The smallest absolute Gasteiger partial charge is 0.0952 e. The van der Waals surface area contributed by atoms with Crippen LogP contribution in [0.3, 0.4) is 0 Å². The summed E-state index contributed by atoms with van der Waals surface area (Å²) in [5.41, 5.74) is 8.00.